The lowest BCUT2D eigenvalue weighted by Gasteiger charge is -2.34. The summed E-state index contributed by atoms with van der Waals surface area (Å²) in [5.41, 5.74) is 0. The maximum Gasteiger partial charge on any atom is 0.199 e. The van der Waals surface area contributed by atoms with Crippen LogP contribution in [0.5, 0.6) is 0 Å². The van der Waals surface area contributed by atoms with Crippen molar-refractivity contribution in [1.82, 2.24) is 19.2 Å². The van der Waals surface area contributed by atoms with Gasteiger partial charge in [-0.15, -0.1) is 16.4 Å². The topological polar surface area (TPSA) is 35.2 Å². The Balaban J connectivity index is 1.64. The number of aromatic nitrogens is 3. The van der Waals surface area contributed by atoms with E-state index < -0.39 is 0 Å². The van der Waals surface area contributed by atoms with Gasteiger partial charge >= 0.3 is 0 Å². The van der Waals surface area contributed by atoms with Gasteiger partial charge in [-0.1, -0.05) is 6.07 Å². The van der Waals surface area contributed by atoms with Crippen LogP contribution in [-0.4, -0.2) is 44.5 Å². The molecule has 0 unspecified atom stereocenters. The van der Waals surface area contributed by atoms with E-state index in [4.69, 9.17) is 22.1 Å². The van der Waals surface area contributed by atoms with E-state index in [1.807, 2.05) is 4.68 Å². The van der Waals surface area contributed by atoms with Crippen molar-refractivity contribution in [3.8, 4) is 10.7 Å². The van der Waals surface area contributed by atoms with Crippen LogP contribution in [0.1, 0.15) is 32.7 Å². The minimum atomic E-state index is 0.259. The third-order valence-electron chi connectivity index (χ3n) is 4.35. The summed E-state index contributed by atoms with van der Waals surface area (Å²) >= 11 is 7.47. The maximum absolute atomic E-state index is 5.82. The molecule has 0 aromatic carbocycles. The lowest BCUT2D eigenvalue weighted by molar-refractivity contribution is -0.0777. The van der Waals surface area contributed by atoms with Crippen LogP contribution in [0, 0.1) is 4.77 Å². The molecule has 0 radical (unpaired) electrons. The molecule has 2 atom stereocenters. The van der Waals surface area contributed by atoms with Gasteiger partial charge in [-0.25, -0.2) is 4.68 Å². The van der Waals surface area contributed by atoms with E-state index in [1.54, 1.807) is 11.3 Å². The lowest BCUT2D eigenvalue weighted by atomic mass is 10.2. The molecule has 2 aliphatic rings. The number of thiophene rings is 1. The molecule has 2 aromatic rings. The summed E-state index contributed by atoms with van der Waals surface area (Å²) in [5, 5.41) is 6.96. The zero-order chi connectivity index (χ0) is 16.0. The number of nitrogens with zero attached hydrogens (tertiary/aromatic N) is 4. The molecule has 3 heterocycles. The Kier molecular flexibility index (Phi) is 4.13. The van der Waals surface area contributed by atoms with E-state index in [0.717, 1.165) is 30.4 Å². The second-order valence-electron chi connectivity index (χ2n) is 6.62. The van der Waals surface area contributed by atoms with Gasteiger partial charge in [0.15, 0.2) is 10.6 Å². The van der Waals surface area contributed by atoms with Gasteiger partial charge in [-0.2, -0.15) is 0 Å². The summed E-state index contributed by atoms with van der Waals surface area (Å²) in [6.07, 6.45) is 2.94. The molecule has 23 heavy (non-hydrogen) atoms. The molecule has 1 aliphatic heterocycles. The highest BCUT2D eigenvalue weighted by atomic mass is 32.1. The first-order valence-electron chi connectivity index (χ1n) is 8.23. The summed E-state index contributed by atoms with van der Waals surface area (Å²) < 4.78 is 10.9. The van der Waals surface area contributed by atoms with Crippen molar-refractivity contribution in [1.29, 1.82) is 0 Å². The Morgan fingerprint density at radius 3 is 2.65 bits per heavy atom. The molecule has 1 aliphatic carbocycles. The summed E-state index contributed by atoms with van der Waals surface area (Å²) in [7, 11) is 0. The fourth-order valence-electron chi connectivity index (χ4n) is 3.34. The molecular weight excluding hydrogens is 328 g/mol. The van der Waals surface area contributed by atoms with E-state index in [9.17, 15) is 0 Å². The quantitative estimate of drug-likeness (QED) is 0.790. The first-order chi connectivity index (χ1) is 11.1. The number of hydrogen-bond donors (Lipinski definition) is 0. The number of ether oxygens (including phenoxy) is 1. The molecule has 0 bridgehead atoms. The van der Waals surface area contributed by atoms with Crippen LogP contribution in [-0.2, 0) is 11.4 Å². The minimum absolute atomic E-state index is 0.259. The fraction of sp³-hybridized carbons (Fsp3) is 0.625. The SMILES string of the molecule is C[C@H]1CN(Cn2nc(-c3cccs3)n(C3CC3)c2=S)C[C@H](C)O1. The van der Waals surface area contributed by atoms with Crippen LogP contribution in [0.3, 0.4) is 0 Å². The van der Waals surface area contributed by atoms with E-state index in [-0.39, 0.29) is 12.2 Å². The van der Waals surface area contributed by atoms with E-state index in [1.165, 1.54) is 17.7 Å². The average Bonchev–Trinajstić information content (AvgIpc) is 3.07. The van der Waals surface area contributed by atoms with Crippen LogP contribution in [0.2, 0.25) is 0 Å². The van der Waals surface area contributed by atoms with Crippen molar-refractivity contribution < 1.29 is 4.74 Å². The number of rotatable bonds is 4. The normalized spacial score (nSPS) is 25.8. The molecule has 0 spiro atoms. The number of hydrogen-bond acceptors (Lipinski definition) is 5. The Labute approximate surface area is 145 Å². The summed E-state index contributed by atoms with van der Waals surface area (Å²) in [6.45, 7) is 6.85. The minimum Gasteiger partial charge on any atom is -0.373 e. The molecule has 0 N–H and O–H groups in total. The first kappa shape index (κ1) is 15.5. The fourth-order valence-corrected chi connectivity index (χ4v) is 4.38. The van der Waals surface area contributed by atoms with Gasteiger partial charge in [0.2, 0.25) is 0 Å². The van der Waals surface area contributed by atoms with Gasteiger partial charge in [0, 0.05) is 19.1 Å². The van der Waals surface area contributed by atoms with E-state index in [2.05, 4.69) is 40.8 Å². The molecule has 124 valence electrons. The zero-order valence-electron chi connectivity index (χ0n) is 13.5. The van der Waals surface area contributed by atoms with Crippen molar-refractivity contribution in [3.05, 3.63) is 22.3 Å². The average molecular weight is 351 g/mol. The second kappa shape index (κ2) is 6.12. The van der Waals surface area contributed by atoms with E-state index >= 15 is 0 Å². The summed E-state index contributed by atoms with van der Waals surface area (Å²) in [5.74, 6) is 1.03. The Morgan fingerprint density at radius 1 is 1.30 bits per heavy atom. The second-order valence-corrected chi connectivity index (χ2v) is 7.93. The standard InChI is InChI=1S/C16H22N4OS2/c1-11-8-18(9-12(2)21-11)10-19-16(22)20(13-5-6-13)15(17-19)14-4-3-7-23-14/h3-4,7,11-13H,5-6,8-10H2,1-2H3/t11-,12-/m0/s1. The van der Waals surface area contributed by atoms with Crippen molar-refractivity contribution in [2.24, 2.45) is 0 Å². The predicted molar refractivity (Wildman–Crippen MR) is 94.2 cm³/mol. The van der Waals surface area contributed by atoms with Gasteiger partial charge in [-0.3, -0.25) is 9.47 Å². The van der Waals surface area contributed by atoms with Gasteiger partial charge in [0.05, 0.1) is 23.8 Å². The largest absolute Gasteiger partial charge is 0.373 e. The van der Waals surface area contributed by atoms with Crippen LogP contribution in [0.25, 0.3) is 10.7 Å². The van der Waals surface area contributed by atoms with Crippen molar-refractivity contribution in [2.45, 2.75) is 51.6 Å². The molecule has 5 nitrogen and oxygen atoms in total. The molecule has 4 rings (SSSR count). The van der Waals surface area contributed by atoms with Crippen molar-refractivity contribution in [3.63, 3.8) is 0 Å². The molecule has 7 heteroatoms. The Hall–Kier alpha value is -1.02. The van der Waals surface area contributed by atoms with Gasteiger partial charge in [-0.05, 0) is 50.4 Å². The molecule has 2 fully saturated rings. The highest BCUT2D eigenvalue weighted by Crippen LogP contribution is 2.39. The van der Waals surface area contributed by atoms with Crippen LogP contribution in [0.15, 0.2) is 17.5 Å². The monoisotopic (exact) mass is 350 g/mol. The highest BCUT2D eigenvalue weighted by molar-refractivity contribution is 7.71. The van der Waals surface area contributed by atoms with Crippen molar-refractivity contribution >= 4 is 23.6 Å². The van der Waals surface area contributed by atoms with Crippen molar-refractivity contribution in [2.75, 3.05) is 13.1 Å². The molecule has 1 saturated carbocycles. The lowest BCUT2D eigenvalue weighted by Crippen LogP contribution is -2.46. The van der Waals surface area contributed by atoms with Gasteiger partial charge in [0.25, 0.3) is 0 Å². The third-order valence-corrected chi connectivity index (χ3v) is 5.63. The van der Waals surface area contributed by atoms with Crippen LogP contribution < -0.4 is 0 Å². The molecule has 0 amide bonds. The summed E-state index contributed by atoms with van der Waals surface area (Å²) in [4.78, 5) is 3.59. The predicted octanol–water partition coefficient (Wildman–Crippen LogP) is 3.54. The smallest absolute Gasteiger partial charge is 0.199 e. The first-order valence-corrected chi connectivity index (χ1v) is 9.51. The maximum atomic E-state index is 5.82. The molecule has 2 aromatic heterocycles. The van der Waals surface area contributed by atoms with Gasteiger partial charge in [0.1, 0.15) is 0 Å². The number of morpholine rings is 1. The van der Waals surface area contributed by atoms with Gasteiger partial charge < -0.3 is 4.74 Å². The Bertz CT molecular complexity index is 722. The zero-order valence-corrected chi connectivity index (χ0v) is 15.1. The van der Waals surface area contributed by atoms with Crippen LogP contribution >= 0.6 is 23.6 Å². The molecule has 1 saturated heterocycles. The summed E-state index contributed by atoms with van der Waals surface area (Å²) in [6, 6.07) is 4.74. The highest BCUT2D eigenvalue weighted by Gasteiger charge is 2.30. The van der Waals surface area contributed by atoms with Crippen LogP contribution in [0.4, 0.5) is 0 Å². The third kappa shape index (κ3) is 3.15. The van der Waals surface area contributed by atoms with E-state index in [0.29, 0.717) is 6.04 Å². The Morgan fingerprint density at radius 2 is 2.04 bits per heavy atom. The molecular formula is C16H22N4OS2.